The van der Waals surface area contributed by atoms with E-state index < -0.39 is 23.8 Å². The van der Waals surface area contributed by atoms with Crippen molar-refractivity contribution >= 4 is 35.3 Å². The summed E-state index contributed by atoms with van der Waals surface area (Å²) < 4.78 is 0. The first-order valence-electron chi connectivity index (χ1n) is 8.50. The van der Waals surface area contributed by atoms with Gasteiger partial charge in [-0.3, -0.25) is 19.2 Å². The van der Waals surface area contributed by atoms with Crippen molar-refractivity contribution in [1.82, 2.24) is 15.5 Å². The highest BCUT2D eigenvalue weighted by molar-refractivity contribution is 7.99. The van der Waals surface area contributed by atoms with Gasteiger partial charge in [-0.15, -0.1) is 0 Å². The number of carboxylic acids is 1. The molecule has 1 saturated heterocycles. The molecule has 0 radical (unpaired) electrons. The lowest BCUT2D eigenvalue weighted by atomic mass is 9.98. The number of piperazine rings is 1. The van der Waals surface area contributed by atoms with Crippen molar-refractivity contribution in [3.05, 3.63) is 0 Å². The Balaban J connectivity index is 1.90. The molecule has 1 saturated carbocycles. The Morgan fingerprint density at radius 1 is 1.36 bits per heavy atom. The molecule has 25 heavy (non-hydrogen) atoms. The van der Waals surface area contributed by atoms with Crippen LogP contribution in [0, 0.1) is 11.8 Å². The van der Waals surface area contributed by atoms with Crippen LogP contribution in [0.2, 0.25) is 0 Å². The molecule has 8 nitrogen and oxygen atoms in total. The monoisotopic (exact) mass is 371 g/mol. The average molecular weight is 371 g/mol. The number of thioether (sulfide) groups is 1. The Labute approximate surface area is 151 Å². The summed E-state index contributed by atoms with van der Waals surface area (Å²) in [6, 6.07) is -0.652. The Morgan fingerprint density at radius 3 is 2.64 bits per heavy atom. The van der Waals surface area contributed by atoms with Crippen molar-refractivity contribution in [2.75, 3.05) is 37.7 Å². The molecule has 1 heterocycles. The molecule has 9 heteroatoms. The number of carbonyl (C=O) groups is 4. The topological polar surface area (TPSA) is 116 Å². The molecule has 0 aromatic carbocycles. The summed E-state index contributed by atoms with van der Waals surface area (Å²) >= 11 is 1.36. The van der Waals surface area contributed by atoms with Crippen molar-refractivity contribution in [1.29, 1.82) is 0 Å². The minimum atomic E-state index is -0.938. The van der Waals surface area contributed by atoms with Gasteiger partial charge in [0.2, 0.25) is 11.8 Å². The Morgan fingerprint density at radius 2 is 2.04 bits per heavy atom. The van der Waals surface area contributed by atoms with Crippen LogP contribution in [0.4, 0.5) is 0 Å². The standard InChI is InChI=1S/C16H25N3O5S/c1-10(20)18-13(15(22)19-6-4-17-5-7-19)9-25-8-12-11(16(23)24)2-3-14(12)21/h11-13,17H,2-9H2,1H3,(H,18,20)(H,23,24)/t11-,12+,13+/m1/s1. The van der Waals surface area contributed by atoms with Gasteiger partial charge in [-0.25, -0.2) is 0 Å². The van der Waals surface area contributed by atoms with Gasteiger partial charge >= 0.3 is 5.97 Å². The van der Waals surface area contributed by atoms with Crippen LogP contribution >= 0.6 is 11.8 Å². The third kappa shape index (κ3) is 5.43. The fourth-order valence-electron chi connectivity index (χ4n) is 3.25. The number of nitrogens with one attached hydrogen (secondary N) is 2. The van der Waals surface area contributed by atoms with E-state index >= 15 is 0 Å². The highest BCUT2D eigenvalue weighted by Crippen LogP contribution is 2.31. The van der Waals surface area contributed by atoms with Gasteiger partial charge in [-0.2, -0.15) is 11.8 Å². The molecule has 140 valence electrons. The van der Waals surface area contributed by atoms with Crippen molar-refractivity contribution < 1.29 is 24.3 Å². The highest BCUT2D eigenvalue weighted by Gasteiger charge is 2.39. The fraction of sp³-hybridized carbons (Fsp3) is 0.750. The van der Waals surface area contributed by atoms with Gasteiger partial charge in [0.05, 0.1) is 5.92 Å². The largest absolute Gasteiger partial charge is 0.481 e. The molecule has 3 N–H and O–H groups in total. The van der Waals surface area contributed by atoms with Gasteiger partial charge in [0.1, 0.15) is 11.8 Å². The molecule has 0 spiro atoms. The minimum absolute atomic E-state index is 0.0237. The van der Waals surface area contributed by atoms with Crippen LogP contribution < -0.4 is 10.6 Å². The molecule has 2 amide bonds. The molecule has 2 rings (SSSR count). The molecule has 0 aromatic heterocycles. The van der Waals surface area contributed by atoms with Gasteiger partial charge in [0.25, 0.3) is 0 Å². The molecule has 3 atom stereocenters. The Hall–Kier alpha value is -1.61. The van der Waals surface area contributed by atoms with E-state index in [0.29, 0.717) is 37.4 Å². The fourth-order valence-corrected chi connectivity index (χ4v) is 4.52. The Bertz CT molecular complexity index is 536. The van der Waals surface area contributed by atoms with Gasteiger partial charge < -0.3 is 20.6 Å². The zero-order valence-electron chi connectivity index (χ0n) is 14.3. The minimum Gasteiger partial charge on any atom is -0.481 e. The number of hydrogen-bond acceptors (Lipinski definition) is 6. The molecule has 2 aliphatic rings. The van der Waals surface area contributed by atoms with Crippen LogP contribution in [0.3, 0.4) is 0 Å². The number of amides is 2. The zero-order chi connectivity index (χ0) is 18.4. The lowest BCUT2D eigenvalue weighted by molar-refractivity contribution is -0.143. The van der Waals surface area contributed by atoms with E-state index in [-0.39, 0.29) is 17.6 Å². The highest BCUT2D eigenvalue weighted by atomic mass is 32.2. The number of rotatable bonds is 7. The SMILES string of the molecule is CC(=O)N[C@@H](CSC[C@@H]1C(=O)CC[C@H]1C(=O)O)C(=O)N1CCNCC1. The summed E-state index contributed by atoms with van der Waals surface area (Å²) in [5.74, 6) is -1.82. The molecule has 1 aliphatic carbocycles. The normalized spacial score (nSPS) is 24.8. The molecule has 0 unspecified atom stereocenters. The first kappa shape index (κ1) is 19.7. The number of carbonyl (C=O) groups excluding carboxylic acids is 3. The molecular formula is C16H25N3O5S. The second-order valence-corrected chi connectivity index (χ2v) is 7.50. The molecule has 1 aliphatic heterocycles. The van der Waals surface area contributed by atoms with Crippen LogP contribution in [0.5, 0.6) is 0 Å². The van der Waals surface area contributed by atoms with E-state index in [1.54, 1.807) is 4.90 Å². The van der Waals surface area contributed by atoms with Crippen molar-refractivity contribution in [3.8, 4) is 0 Å². The molecule has 0 bridgehead atoms. The summed E-state index contributed by atoms with van der Waals surface area (Å²) in [6.45, 7) is 4.01. The van der Waals surface area contributed by atoms with Crippen molar-refractivity contribution in [2.24, 2.45) is 11.8 Å². The van der Waals surface area contributed by atoms with Crippen LogP contribution in [0.15, 0.2) is 0 Å². The molecular weight excluding hydrogens is 346 g/mol. The van der Waals surface area contributed by atoms with E-state index in [1.165, 1.54) is 18.7 Å². The van der Waals surface area contributed by atoms with Crippen LogP contribution in [0.25, 0.3) is 0 Å². The van der Waals surface area contributed by atoms with Gasteiger partial charge in [-0.05, 0) is 6.42 Å². The summed E-state index contributed by atoms with van der Waals surface area (Å²) in [7, 11) is 0. The second-order valence-electron chi connectivity index (χ2n) is 6.42. The van der Waals surface area contributed by atoms with Gasteiger partial charge in [-0.1, -0.05) is 0 Å². The number of ketones is 1. The lowest BCUT2D eigenvalue weighted by Gasteiger charge is -2.31. The van der Waals surface area contributed by atoms with Crippen molar-refractivity contribution in [3.63, 3.8) is 0 Å². The number of nitrogens with zero attached hydrogens (tertiary/aromatic N) is 1. The summed E-state index contributed by atoms with van der Waals surface area (Å²) in [4.78, 5) is 48.9. The maximum absolute atomic E-state index is 12.6. The molecule has 2 fully saturated rings. The number of aliphatic carboxylic acids is 1. The van der Waals surface area contributed by atoms with E-state index in [1.807, 2.05) is 0 Å². The first-order chi connectivity index (χ1) is 11.9. The number of Topliss-reactive ketones (excluding diaryl/α,β-unsaturated/α-hetero) is 1. The first-order valence-corrected chi connectivity index (χ1v) is 9.65. The summed E-state index contributed by atoms with van der Waals surface area (Å²) in [5.41, 5.74) is 0. The maximum atomic E-state index is 12.6. The third-order valence-electron chi connectivity index (χ3n) is 4.60. The van der Waals surface area contributed by atoms with Crippen LogP contribution in [-0.2, 0) is 19.2 Å². The zero-order valence-corrected chi connectivity index (χ0v) is 15.1. The number of hydrogen-bond donors (Lipinski definition) is 3. The Kier molecular flexibility index (Phi) is 7.24. The lowest BCUT2D eigenvalue weighted by Crippen LogP contribution is -2.54. The predicted octanol–water partition coefficient (Wildman–Crippen LogP) is -0.664. The summed E-state index contributed by atoms with van der Waals surface area (Å²) in [6.07, 6.45) is 0.686. The van der Waals surface area contributed by atoms with Gasteiger partial charge in [0, 0.05) is 56.9 Å². The predicted molar refractivity (Wildman–Crippen MR) is 93.2 cm³/mol. The maximum Gasteiger partial charge on any atom is 0.307 e. The quantitative estimate of drug-likeness (QED) is 0.544. The van der Waals surface area contributed by atoms with E-state index in [4.69, 9.17) is 0 Å². The van der Waals surface area contributed by atoms with E-state index in [2.05, 4.69) is 10.6 Å². The average Bonchev–Trinajstić information content (AvgIpc) is 2.95. The van der Waals surface area contributed by atoms with Gasteiger partial charge in [0.15, 0.2) is 0 Å². The third-order valence-corrected chi connectivity index (χ3v) is 5.77. The van der Waals surface area contributed by atoms with Crippen molar-refractivity contribution in [2.45, 2.75) is 25.8 Å². The van der Waals surface area contributed by atoms with Crippen LogP contribution in [-0.4, -0.2) is 77.3 Å². The van der Waals surface area contributed by atoms with Crippen LogP contribution in [0.1, 0.15) is 19.8 Å². The summed E-state index contributed by atoms with van der Waals surface area (Å²) in [5, 5.41) is 15.0. The smallest absolute Gasteiger partial charge is 0.307 e. The number of carboxylic acid groups (broad SMARTS) is 1. The second kappa shape index (κ2) is 9.19. The van der Waals surface area contributed by atoms with E-state index in [0.717, 1.165) is 13.1 Å². The molecule has 0 aromatic rings. The van der Waals surface area contributed by atoms with E-state index in [9.17, 15) is 24.3 Å².